The lowest BCUT2D eigenvalue weighted by atomic mass is 9.99. The fourth-order valence-electron chi connectivity index (χ4n) is 3.23. The van der Waals surface area contributed by atoms with Crippen LogP contribution in [0, 0.1) is 0 Å². The average Bonchev–Trinajstić information content (AvgIpc) is 2.73. The van der Waals surface area contributed by atoms with Crippen molar-refractivity contribution in [1.82, 2.24) is 9.29 Å². The molecule has 7 nitrogen and oxygen atoms in total. The van der Waals surface area contributed by atoms with Crippen molar-refractivity contribution in [2.75, 3.05) is 31.1 Å². The number of pyridine rings is 1. The highest BCUT2D eigenvalue weighted by Gasteiger charge is 2.29. The number of hydrogen-bond donors (Lipinski definition) is 1. The molecule has 150 valence electrons. The Hall–Kier alpha value is -2.45. The zero-order chi connectivity index (χ0) is 20.3. The molecule has 1 aliphatic rings. The lowest BCUT2D eigenvalue weighted by Crippen LogP contribution is -2.48. The molecule has 1 aromatic carbocycles. The number of aromatic nitrogens is 1. The highest BCUT2D eigenvalue weighted by molar-refractivity contribution is 7.89. The molecule has 1 atom stereocenters. The van der Waals surface area contributed by atoms with E-state index in [-0.39, 0.29) is 0 Å². The number of carbonyl (C=O) groups excluding carboxylic acids is 1. The average molecular weight is 403 g/mol. The molecule has 2 aromatic rings. The van der Waals surface area contributed by atoms with Gasteiger partial charge in [0.1, 0.15) is 5.82 Å². The Balaban J connectivity index is 1.67. The van der Waals surface area contributed by atoms with Gasteiger partial charge >= 0.3 is 0 Å². The molecule has 1 saturated heterocycles. The van der Waals surface area contributed by atoms with Gasteiger partial charge in [0, 0.05) is 32.4 Å². The second-order valence-corrected chi connectivity index (χ2v) is 8.98. The molecule has 0 bridgehead atoms. The van der Waals surface area contributed by atoms with E-state index in [1.54, 1.807) is 24.3 Å². The number of amides is 1. The van der Waals surface area contributed by atoms with Gasteiger partial charge in [0.25, 0.3) is 0 Å². The van der Waals surface area contributed by atoms with Crippen LogP contribution in [0.2, 0.25) is 0 Å². The summed E-state index contributed by atoms with van der Waals surface area (Å²) < 4.78 is 27.4. The zero-order valence-corrected chi connectivity index (χ0v) is 17.0. The topological polar surface area (TPSA) is 96.6 Å². The van der Waals surface area contributed by atoms with Crippen molar-refractivity contribution in [3.05, 3.63) is 53.7 Å². The fraction of sp³-hybridized carbons (Fsp3) is 0.400. The number of rotatable bonds is 6. The normalized spacial score (nSPS) is 16.7. The third kappa shape index (κ3) is 4.18. The predicted molar refractivity (Wildman–Crippen MR) is 109 cm³/mol. The first-order chi connectivity index (χ1) is 13.3. The van der Waals surface area contributed by atoms with Crippen molar-refractivity contribution in [2.45, 2.75) is 31.1 Å². The Kier molecular flexibility index (Phi) is 6.00. The number of sulfonamides is 1. The van der Waals surface area contributed by atoms with Crippen molar-refractivity contribution in [1.29, 1.82) is 0 Å². The minimum absolute atomic E-state index is 0.330. The number of anilines is 1. The van der Waals surface area contributed by atoms with E-state index in [4.69, 9.17) is 5.73 Å². The van der Waals surface area contributed by atoms with Crippen molar-refractivity contribution in [3.63, 3.8) is 0 Å². The number of hydrogen-bond acceptors (Lipinski definition) is 5. The Bertz CT molecular complexity index is 919. The van der Waals surface area contributed by atoms with Crippen LogP contribution in [0.4, 0.5) is 5.82 Å². The van der Waals surface area contributed by atoms with E-state index in [9.17, 15) is 13.2 Å². The number of nitrogens with two attached hydrogens (primary N) is 1. The van der Waals surface area contributed by atoms with E-state index in [0.717, 1.165) is 12.0 Å². The van der Waals surface area contributed by atoms with Crippen LogP contribution in [-0.2, 0) is 10.0 Å². The van der Waals surface area contributed by atoms with E-state index in [2.05, 4.69) is 18.8 Å². The van der Waals surface area contributed by atoms with Crippen LogP contribution in [-0.4, -0.2) is 49.8 Å². The van der Waals surface area contributed by atoms with Gasteiger partial charge in [0.15, 0.2) is 0 Å². The van der Waals surface area contributed by atoms with Gasteiger partial charge in [-0.15, -0.1) is 0 Å². The molecule has 0 radical (unpaired) electrons. The fourth-order valence-corrected chi connectivity index (χ4v) is 4.65. The van der Waals surface area contributed by atoms with Gasteiger partial charge < -0.3 is 10.6 Å². The summed E-state index contributed by atoms with van der Waals surface area (Å²) in [5, 5.41) is 0. The van der Waals surface area contributed by atoms with Crippen molar-refractivity contribution < 1.29 is 13.2 Å². The van der Waals surface area contributed by atoms with Gasteiger partial charge in [-0.3, -0.25) is 4.79 Å². The third-order valence-electron chi connectivity index (χ3n) is 5.29. The molecular weight excluding hydrogens is 376 g/mol. The summed E-state index contributed by atoms with van der Waals surface area (Å²) in [7, 11) is -3.51. The number of benzene rings is 1. The van der Waals surface area contributed by atoms with Crippen molar-refractivity contribution >= 4 is 21.7 Å². The van der Waals surface area contributed by atoms with E-state index < -0.39 is 15.9 Å². The molecule has 2 N–H and O–H groups in total. The monoisotopic (exact) mass is 402 g/mol. The molecule has 0 unspecified atom stereocenters. The van der Waals surface area contributed by atoms with E-state index in [1.807, 2.05) is 17.0 Å². The lowest BCUT2D eigenvalue weighted by Gasteiger charge is -2.34. The van der Waals surface area contributed by atoms with Gasteiger partial charge in [-0.05, 0) is 42.2 Å². The molecule has 1 fully saturated rings. The molecule has 0 aliphatic carbocycles. The van der Waals surface area contributed by atoms with Crippen LogP contribution in [0.25, 0.3) is 0 Å². The van der Waals surface area contributed by atoms with Gasteiger partial charge in [-0.1, -0.05) is 26.0 Å². The summed E-state index contributed by atoms with van der Waals surface area (Å²) in [5.41, 5.74) is 6.73. The van der Waals surface area contributed by atoms with Crippen molar-refractivity contribution in [3.8, 4) is 0 Å². The number of primary amides is 1. The smallest absolute Gasteiger partial charge is 0.250 e. The van der Waals surface area contributed by atoms with Gasteiger partial charge in [-0.25, -0.2) is 13.4 Å². The second-order valence-electron chi connectivity index (χ2n) is 7.04. The summed E-state index contributed by atoms with van der Waals surface area (Å²) >= 11 is 0. The number of carbonyl (C=O) groups is 1. The Morgan fingerprint density at radius 1 is 1.11 bits per heavy atom. The van der Waals surface area contributed by atoms with E-state index >= 15 is 0 Å². The Morgan fingerprint density at radius 3 is 2.25 bits per heavy atom. The van der Waals surface area contributed by atoms with Crippen LogP contribution in [0.3, 0.4) is 0 Å². The maximum atomic E-state index is 12.9. The maximum Gasteiger partial charge on any atom is 0.250 e. The second kappa shape index (κ2) is 8.28. The standard InChI is InChI=1S/C20H26N4O3S/c1-3-15(2)16-4-7-18(8-5-16)28(26,27)24-12-10-23(11-13-24)19-9-6-17(14-22-19)20(21)25/h4-9,14-15H,3,10-13H2,1-2H3,(H2,21,25)/t15-/m0/s1. The summed E-state index contributed by atoms with van der Waals surface area (Å²) in [6.07, 6.45) is 2.46. The van der Waals surface area contributed by atoms with Gasteiger partial charge in [-0.2, -0.15) is 4.31 Å². The molecule has 0 saturated carbocycles. The largest absolute Gasteiger partial charge is 0.366 e. The third-order valence-corrected chi connectivity index (χ3v) is 7.21. The summed E-state index contributed by atoms with van der Waals surface area (Å²) in [4.78, 5) is 17.7. The molecule has 0 spiro atoms. The van der Waals surface area contributed by atoms with Crippen LogP contribution in [0.5, 0.6) is 0 Å². The molecule has 28 heavy (non-hydrogen) atoms. The van der Waals surface area contributed by atoms with Crippen LogP contribution in [0.1, 0.15) is 42.1 Å². The molecule has 1 aliphatic heterocycles. The highest BCUT2D eigenvalue weighted by Crippen LogP contribution is 2.24. The first kappa shape index (κ1) is 20.3. The van der Waals surface area contributed by atoms with Crippen LogP contribution in [0.15, 0.2) is 47.5 Å². The maximum absolute atomic E-state index is 12.9. The van der Waals surface area contributed by atoms with Crippen LogP contribution >= 0.6 is 0 Å². The summed E-state index contributed by atoms with van der Waals surface area (Å²) in [5.74, 6) is 0.600. The SMILES string of the molecule is CC[C@H](C)c1ccc(S(=O)(=O)N2CCN(c3ccc(C(N)=O)cn3)CC2)cc1. The first-order valence-corrected chi connectivity index (χ1v) is 10.9. The summed E-state index contributed by atoms with van der Waals surface area (Å²) in [6.45, 7) is 6.08. The minimum atomic E-state index is -3.51. The molecule has 1 amide bonds. The molecule has 8 heteroatoms. The molecule has 2 heterocycles. The minimum Gasteiger partial charge on any atom is -0.366 e. The van der Waals surface area contributed by atoms with E-state index in [0.29, 0.717) is 48.4 Å². The first-order valence-electron chi connectivity index (χ1n) is 9.44. The van der Waals surface area contributed by atoms with Crippen molar-refractivity contribution in [2.24, 2.45) is 5.73 Å². The number of nitrogens with zero attached hydrogens (tertiary/aromatic N) is 3. The highest BCUT2D eigenvalue weighted by atomic mass is 32.2. The number of piperazine rings is 1. The molecular formula is C20H26N4O3S. The van der Waals surface area contributed by atoms with Crippen LogP contribution < -0.4 is 10.6 Å². The van der Waals surface area contributed by atoms with E-state index in [1.165, 1.54) is 10.5 Å². The summed E-state index contributed by atoms with van der Waals surface area (Å²) in [6, 6.07) is 10.6. The Morgan fingerprint density at radius 2 is 1.75 bits per heavy atom. The molecule has 1 aromatic heterocycles. The quantitative estimate of drug-likeness (QED) is 0.799. The molecule has 3 rings (SSSR count). The van der Waals surface area contributed by atoms with Gasteiger partial charge in [0.05, 0.1) is 10.5 Å². The predicted octanol–water partition coefficient (Wildman–Crippen LogP) is 2.20. The van der Waals surface area contributed by atoms with Gasteiger partial charge in [0.2, 0.25) is 15.9 Å². The lowest BCUT2D eigenvalue weighted by molar-refractivity contribution is 0.1000. The Labute approximate surface area is 166 Å². The zero-order valence-electron chi connectivity index (χ0n) is 16.2.